The zero-order valence-corrected chi connectivity index (χ0v) is 13.1. The Labute approximate surface area is 134 Å². The number of hydrogen-bond donors (Lipinski definition) is 3. The third kappa shape index (κ3) is 3.77. The van der Waals surface area contributed by atoms with Crippen LogP contribution in [0.1, 0.15) is 42.5 Å². The second-order valence-corrected chi connectivity index (χ2v) is 5.86. The van der Waals surface area contributed by atoms with E-state index in [2.05, 4.69) is 39.0 Å². The van der Waals surface area contributed by atoms with Gasteiger partial charge >= 0.3 is 6.03 Å². The van der Waals surface area contributed by atoms with Crippen molar-refractivity contribution in [2.75, 3.05) is 5.32 Å². The standard InChI is InChI=1S/C17H20N4O2/c1-11(13-7-6-12-4-2-3-5-14(12)10-13)18-17(23)19-15-8-9-16(22)21-20-15/h6-11H,2-5H2,1H3,(H,21,22)(H2,18,19,20,23). The predicted octanol–water partition coefficient (Wildman–Crippen LogP) is 2.53. The van der Waals surface area contributed by atoms with Crippen LogP contribution in [0, 0.1) is 0 Å². The summed E-state index contributed by atoms with van der Waals surface area (Å²) in [5, 5.41) is 11.5. The molecule has 1 unspecified atom stereocenters. The van der Waals surface area contributed by atoms with Gasteiger partial charge in [0, 0.05) is 6.07 Å². The van der Waals surface area contributed by atoms with Crippen LogP contribution in [0.4, 0.5) is 10.6 Å². The highest BCUT2D eigenvalue weighted by Crippen LogP contribution is 2.24. The van der Waals surface area contributed by atoms with Crippen LogP contribution in [-0.2, 0) is 12.8 Å². The van der Waals surface area contributed by atoms with E-state index in [4.69, 9.17) is 0 Å². The van der Waals surface area contributed by atoms with Gasteiger partial charge in [-0.3, -0.25) is 10.1 Å². The summed E-state index contributed by atoms with van der Waals surface area (Å²) >= 11 is 0. The van der Waals surface area contributed by atoms with Gasteiger partial charge in [0.2, 0.25) is 0 Å². The third-order valence-corrected chi connectivity index (χ3v) is 4.14. The molecule has 0 saturated carbocycles. The van der Waals surface area contributed by atoms with Gasteiger partial charge in [-0.05, 0) is 55.4 Å². The molecule has 0 aliphatic heterocycles. The van der Waals surface area contributed by atoms with Crippen LogP contribution in [0.5, 0.6) is 0 Å². The van der Waals surface area contributed by atoms with E-state index in [1.165, 1.54) is 36.1 Å². The Morgan fingerprint density at radius 2 is 1.96 bits per heavy atom. The molecule has 0 bridgehead atoms. The molecular formula is C17H20N4O2. The maximum atomic E-state index is 12.0. The van der Waals surface area contributed by atoms with Crippen molar-refractivity contribution in [3.8, 4) is 0 Å². The van der Waals surface area contributed by atoms with E-state index in [0.29, 0.717) is 5.82 Å². The molecule has 1 aromatic carbocycles. The summed E-state index contributed by atoms with van der Waals surface area (Å²) in [6.45, 7) is 1.95. The number of aromatic nitrogens is 2. The lowest BCUT2D eigenvalue weighted by Gasteiger charge is -2.20. The summed E-state index contributed by atoms with van der Waals surface area (Å²) in [5.74, 6) is 0.305. The fourth-order valence-electron chi connectivity index (χ4n) is 2.87. The summed E-state index contributed by atoms with van der Waals surface area (Å²) in [5.41, 5.74) is 3.60. The van der Waals surface area contributed by atoms with Crippen LogP contribution in [0.15, 0.2) is 35.1 Å². The zero-order chi connectivity index (χ0) is 16.2. The van der Waals surface area contributed by atoms with Crippen molar-refractivity contribution in [1.82, 2.24) is 15.5 Å². The van der Waals surface area contributed by atoms with Crippen LogP contribution in [0.3, 0.4) is 0 Å². The molecular weight excluding hydrogens is 292 g/mol. The fraction of sp³-hybridized carbons (Fsp3) is 0.353. The van der Waals surface area contributed by atoms with Crippen molar-refractivity contribution >= 4 is 11.8 Å². The number of nitrogens with zero attached hydrogens (tertiary/aromatic N) is 1. The molecule has 1 aliphatic carbocycles. The topological polar surface area (TPSA) is 86.9 Å². The minimum atomic E-state index is -0.352. The Morgan fingerprint density at radius 3 is 2.70 bits per heavy atom. The van der Waals surface area contributed by atoms with Gasteiger partial charge in [-0.1, -0.05) is 18.2 Å². The Kier molecular flexibility index (Phi) is 4.41. The maximum absolute atomic E-state index is 12.0. The highest BCUT2D eigenvalue weighted by atomic mass is 16.2. The van der Waals surface area contributed by atoms with E-state index in [1.54, 1.807) is 0 Å². The lowest BCUT2D eigenvalue weighted by atomic mass is 9.89. The summed E-state index contributed by atoms with van der Waals surface area (Å²) in [7, 11) is 0. The van der Waals surface area contributed by atoms with E-state index in [0.717, 1.165) is 18.4 Å². The van der Waals surface area contributed by atoms with Gasteiger partial charge in [-0.15, -0.1) is 0 Å². The quantitative estimate of drug-likeness (QED) is 0.814. The smallest absolute Gasteiger partial charge is 0.320 e. The molecule has 2 aromatic rings. The monoisotopic (exact) mass is 312 g/mol. The Balaban J connectivity index is 1.64. The molecule has 0 fully saturated rings. The predicted molar refractivity (Wildman–Crippen MR) is 88.5 cm³/mol. The minimum absolute atomic E-state index is 0.106. The number of hydrogen-bond acceptors (Lipinski definition) is 3. The van der Waals surface area contributed by atoms with Crippen LogP contribution in [0.25, 0.3) is 0 Å². The van der Waals surface area contributed by atoms with Crippen molar-refractivity contribution in [2.24, 2.45) is 0 Å². The molecule has 2 amide bonds. The van der Waals surface area contributed by atoms with Crippen molar-refractivity contribution in [3.05, 3.63) is 57.4 Å². The number of fused-ring (bicyclic) bond motifs is 1. The van der Waals surface area contributed by atoms with E-state index >= 15 is 0 Å². The lowest BCUT2D eigenvalue weighted by Crippen LogP contribution is -2.31. The van der Waals surface area contributed by atoms with Gasteiger partial charge < -0.3 is 5.32 Å². The number of nitrogens with one attached hydrogen (secondary N) is 3. The van der Waals surface area contributed by atoms with Crippen molar-refractivity contribution in [2.45, 2.75) is 38.6 Å². The number of H-pyrrole nitrogens is 1. The molecule has 1 atom stereocenters. The largest absolute Gasteiger partial charge is 0.331 e. The van der Waals surface area contributed by atoms with Crippen molar-refractivity contribution in [3.63, 3.8) is 0 Å². The van der Waals surface area contributed by atoms with Gasteiger partial charge in [-0.25, -0.2) is 9.89 Å². The molecule has 6 nitrogen and oxygen atoms in total. The number of anilines is 1. The molecule has 1 aromatic heterocycles. The molecule has 1 heterocycles. The summed E-state index contributed by atoms with van der Waals surface area (Å²) < 4.78 is 0. The number of carbonyl (C=O) groups is 1. The normalized spacial score (nSPS) is 14.7. The molecule has 23 heavy (non-hydrogen) atoms. The molecule has 0 spiro atoms. The van der Waals surface area contributed by atoms with Gasteiger partial charge in [0.05, 0.1) is 6.04 Å². The molecule has 6 heteroatoms. The molecule has 0 radical (unpaired) electrons. The summed E-state index contributed by atoms with van der Waals surface area (Å²) in [6.07, 6.45) is 4.75. The Hall–Kier alpha value is -2.63. The van der Waals surface area contributed by atoms with E-state index in [-0.39, 0.29) is 17.6 Å². The minimum Gasteiger partial charge on any atom is -0.331 e. The molecule has 3 rings (SSSR count). The van der Waals surface area contributed by atoms with E-state index in [1.807, 2.05) is 6.92 Å². The van der Waals surface area contributed by atoms with Gasteiger partial charge in [0.15, 0.2) is 5.82 Å². The van der Waals surface area contributed by atoms with Crippen molar-refractivity contribution in [1.29, 1.82) is 0 Å². The number of aryl methyl sites for hydroxylation is 2. The summed E-state index contributed by atoms with van der Waals surface area (Å²) in [4.78, 5) is 23.0. The fourth-order valence-corrected chi connectivity index (χ4v) is 2.87. The lowest BCUT2D eigenvalue weighted by molar-refractivity contribution is 0.249. The number of rotatable bonds is 3. The number of benzene rings is 1. The average molecular weight is 312 g/mol. The van der Waals surface area contributed by atoms with E-state index in [9.17, 15) is 9.59 Å². The van der Waals surface area contributed by atoms with E-state index < -0.39 is 0 Å². The molecule has 3 N–H and O–H groups in total. The summed E-state index contributed by atoms with van der Waals surface area (Å²) in [6, 6.07) is 8.76. The van der Waals surface area contributed by atoms with Crippen LogP contribution in [0.2, 0.25) is 0 Å². The highest BCUT2D eigenvalue weighted by Gasteiger charge is 2.14. The second-order valence-electron chi connectivity index (χ2n) is 5.86. The van der Waals surface area contributed by atoms with Gasteiger partial charge in [0.25, 0.3) is 5.56 Å². The van der Waals surface area contributed by atoms with Gasteiger partial charge in [0.1, 0.15) is 0 Å². The van der Waals surface area contributed by atoms with Crippen LogP contribution >= 0.6 is 0 Å². The first-order valence-electron chi connectivity index (χ1n) is 7.87. The van der Waals surface area contributed by atoms with Gasteiger partial charge in [-0.2, -0.15) is 5.10 Å². The first-order valence-corrected chi connectivity index (χ1v) is 7.87. The first-order chi connectivity index (χ1) is 11.1. The highest BCUT2D eigenvalue weighted by molar-refractivity contribution is 5.88. The molecule has 120 valence electrons. The maximum Gasteiger partial charge on any atom is 0.320 e. The number of urea groups is 1. The molecule has 0 saturated heterocycles. The Bertz CT molecular complexity index is 749. The Morgan fingerprint density at radius 1 is 1.17 bits per heavy atom. The SMILES string of the molecule is CC(NC(=O)Nc1ccc(=O)[nH]n1)c1ccc2c(c1)CCCC2. The third-order valence-electron chi connectivity index (χ3n) is 4.14. The zero-order valence-electron chi connectivity index (χ0n) is 13.1. The number of aromatic amines is 1. The molecule has 1 aliphatic rings. The second kappa shape index (κ2) is 6.64. The average Bonchev–Trinajstić information content (AvgIpc) is 2.56. The van der Waals surface area contributed by atoms with Crippen LogP contribution < -0.4 is 16.2 Å². The number of amides is 2. The first kappa shape index (κ1) is 15.3. The van der Waals surface area contributed by atoms with Crippen molar-refractivity contribution < 1.29 is 4.79 Å². The number of carbonyl (C=O) groups excluding carboxylic acids is 1. The van der Waals surface area contributed by atoms with Crippen LogP contribution in [-0.4, -0.2) is 16.2 Å².